The third-order valence-electron chi connectivity index (χ3n) is 4.85. The SMILES string of the molecule is CCC1=C(c2ccc(C)cc2)S(=O)(=O)NC1=NCC(=O)NCc1ccccc1C. The number of carbonyl (C=O) groups is 1. The molecule has 0 bridgehead atoms. The lowest BCUT2D eigenvalue weighted by atomic mass is 10.1. The fourth-order valence-corrected chi connectivity index (χ4v) is 4.76. The molecule has 29 heavy (non-hydrogen) atoms. The van der Waals surface area contributed by atoms with Crippen LogP contribution in [0.15, 0.2) is 59.1 Å². The van der Waals surface area contributed by atoms with Gasteiger partial charge in [0.05, 0.1) is 0 Å². The van der Waals surface area contributed by atoms with Gasteiger partial charge in [-0.25, -0.2) is 8.42 Å². The van der Waals surface area contributed by atoms with Crippen LogP contribution < -0.4 is 10.0 Å². The fraction of sp³-hybridized carbons (Fsp3) is 0.273. The van der Waals surface area contributed by atoms with E-state index in [1.54, 1.807) is 12.1 Å². The van der Waals surface area contributed by atoms with Crippen LogP contribution in [0.2, 0.25) is 0 Å². The minimum atomic E-state index is -3.71. The van der Waals surface area contributed by atoms with Crippen LogP contribution in [0.5, 0.6) is 0 Å². The Morgan fingerprint density at radius 3 is 2.41 bits per heavy atom. The van der Waals surface area contributed by atoms with Gasteiger partial charge in [0.15, 0.2) is 0 Å². The van der Waals surface area contributed by atoms with E-state index in [4.69, 9.17) is 0 Å². The van der Waals surface area contributed by atoms with Gasteiger partial charge in [0.2, 0.25) is 5.91 Å². The van der Waals surface area contributed by atoms with Crippen LogP contribution in [0.3, 0.4) is 0 Å². The number of hydrogen-bond acceptors (Lipinski definition) is 4. The normalized spacial score (nSPS) is 16.7. The summed E-state index contributed by atoms with van der Waals surface area (Å²) in [6.07, 6.45) is 0.485. The molecule has 1 heterocycles. The maximum atomic E-state index is 12.7. The number of sulfonamides is 1. The third kappa shape index (κ3) is 4.74. The highest BCUT2D eigenvalue weighted by Gasteiger charge is 2.34. The number of amides is 1. The van der Waals surface area contributed by atoms with Crippen LogP contribution in [0, 0.1) is 13.8 Å². The van der Waals surface area contributed by atoms with Crippen LogP contribution >= 0.6 is 0 Å². The van der Waals surface area contributed by atoms with Gasteiger partial charge in [0.25, 0.3) is 10.0 Å². The van der Waals surface area contributed by atoms with Crippen molar-refractivity contribution >= 4 is 26.7 Å². The molecule has 1 aliphatic rings. The van der Waals surface area contributed by atoms with E-state index in [0.717, 1.165) is 16.7 Å². The summed E-state index contributed by atoms with van der Waals surface area (Å²) >= 11 is 0. The molecule has 6 nitrogen and oxygen atoms in total. The first-order valence-corrected chi connectivity index (χ1v) is 11.0. The second-order valence-electron chi connectivity index (χ2n) is 7.00. The number of carbonyl (C=O) groups excluding carboxylic acids is 1. The van der Waals surface area contributed by atoms with Crippen molar-refractivity contribution in [3.63, 3.8) is 0 Å². The summed E-state index contributed by atoms with van der Waals surface area (Å²) in [4.78, 5) is 16.7. The van der Waals surface area contributed by atoms with E-state index >= 15 is 0 Å². The number of hydrogen-bond donors (Lipinski definition) is 2. The summed E-state index contributed by atoms with van der Waals surface area (Å²) < 4.78 is 27.8. The summed E-state index contributed by atoms with van der Waals surface area (Å²) in [5, 5.41) is 2.83. The minimum absolute atomic E-state index is 0.144. The van der Waals surface area contributed by atoms with Crippen LogP contribution in [-0.2, 0) is 21.4 Å². The van der Waals surface area contributed by atoms with Crippen molar-refractivity contribution in [1.82, 2.24) is 10.0 Å². The molecule has 2 aromatic carbocycles. The molecular weight excluding hydrogens is 386 g/mol. The number of nitrogens with zero attached hydrogens (tertiary/aromatic N) is 1. The van der Waals surface area contributed by atoms with Gasteiger partial charge in [0, 0.05) is 12.1 Å². The first kappa shape index (κ1) is 20.8. The Bertz CT molecular complexity index is 1080. The van der Waals surface area contributed by atoms with E-state index < -0.39 is 10.0 Å². The largest absolute Gasteiger partial charge is 0.350 e. The highest BCUT2D eigenvalue weighted by molar-refractivity contribution is 8.00. The number of rotatable bonds is 6. The maximum absolute atomic E-state index is 12.7. The Morgan fingerprint density at radius 2 is 1.76 bits per heavy atom. The zero-order chi connectivity index (χ0) is 21.0. The van der Waals surface area contributed by atoms with Gasteiger partial charge in [-0.3, -0.25) is 14.5 Å². The Morgan fingerprint density at radius 1 is 1.07 bits per heavy atom. The second-order valence-corrected chi connectivity index (χ2v) is 8.62. The van der Waals surface area contributed by atoms with Gasteiger partial charge in [-0.05, 0) is 37.0 Å². The number of amidine groups is 1. The summed E-state index contributed by atoms with van der Waals surface area (Å²) in [7, 11) is -3.71. The zero-order valence-electron chi connectivity index (χ0n) is 16.8. The van der Waals surface area contributed by atoms with Gasteiger partial charge in [0.1, 0.15) is 17.3 Å². The number of aryl methyl sites for hydroxylation is 2. The fourth-order valence-electron chi connectivity index (χ4n) is 3.21. The zero-order valence-corrected chi connectivity index (χ0v) is 17.6. The number of nitrogens with one attached hydrogen (secondary N) is 2. The molecule has 0 saturated heterocycles. The van der Waals surface area contributed by atoms with E-state index in [0.29, 0.717) is 24.1 Å². The topological polar surface area (TPSA) is 87.6 Å². The van der Waals surface area contributed by atoms with Crippen molar-refractivity contribution in [3.05, 3.63) is 76.4 Å². The van der Waals surface area contributed by atoms with Gasteiger partial charge < -0.3 is 5.32 Å². The average Bonchev–Trinajstić information content (AvgIpc) is 2.96. The van der Waals surface area contributed by atoms with Crippen molar-refractivity contribution in [2.24, 2.45) is 4.99 Å². The minimum Gasteiger partial charge on any atom is -0.350 e. The van der Waals surface area contributed by atoms with Gasteiger partial charge >= 0.3 is 0 Å². The molecule has 3 rings (SSSR count). The summed E-state index contributed by atoms with van der Waals surface area (Å²) in [5.41, 5.74) is 4.40. The molecule has 0 fully saturated rings. The van der Waals surface area contributed by atoms with Crippen LogP contribution in [0.1, 0.15) is 35.6 Å². The number of aliphatic imine (C=N–C) groups is 1. The molecule has 0 unspecified atom stereocenters. The Hall–Kier alpha value is -2.93. The highest BCUT2D eigenvalue weighted by Crippen LogP contribution is 2.31. The molecule has 0 spiro atoms. The van der Waals surface area contributed by atoms with E-state index in [1.165, 1.54) is 0 Å². The van der Waals surface area contributed by atoms with Crippen molar-refractivity contribution in [1.29, 1.82) is 0 Å². The maximum Gasteiger partial charge on any atom is 0.264 e. The lowest BCUT2D eigenvalue weighted by Gasteiger charge is -2.07. The van der Waals surface area contributed by atoms with Crippen molar-refractivity contribution in [2.45, 2.75) is 33.7 Å². The quantitative estimate of drug-likeness (QED) is 0.766. The lowest BCUT2D eigenvalue weighted by Crippen LogP contribution is -2.28. The van der Waals surface area contributed by atoms with E-state index in [1.807, 2.05) is 57.2 Å². The second kappa shape index (κ2) is 8.61. The van der Waals surface area contributed by atoms with Crippen molar-refractivity contribution < 1.29 is 13.2 Å². The van der Waals surface area contributed by atoms with Crippen LogP contribution in [0.4, 0.5) is 0 Å². The first-order chi connectivity index (χ1) is 13.8. The first-order valence-electron chi connectivity index (χ1n) is 9.51. The average molecular weight is 412 g/mol. The predicted molar refractivity (Wildman–Crippen MR) is 116 cm³/mol. The van der Waals surface area contributed by atoms with E-state index in [2.05, 4.69) is 15.0 Å². The summed E-state index contributed by atoms with van der Waals surface area (Å²) in [6.45, 7) is 6.07. The Kier molecular flexibility index (Phi) is 6.17. The molecule has 7 heteroatoms. The standard InChI is InChI=1S/C22H25N3O3S/c1-4-19-21(17-11-9-15(2)10-12-17)29(27,28)25-22(19)24-14-20(26)23-13-18-8-6-5-7-16(18)3/h5-12H,4,13-14H2,1-3H3,(H,23,26)(H,24,25). The van der Waals surface area contributed by atoms with Gasteiger partial charge in [-0.1, -0.05) is 61.0 Å². The molecule has 0 atom stereocenters. The van der Waals surface area contributed by atoms with Crippen molar-refractivity contribution in [2.75, 3.05) is 6.54 Å². The molecule has 0 aromatic heterocycles. The Labute approximate surface area is 171 Å². The van der Waals surface area contributed by atoms with Gasteiger partial charge in [-0.15, -0.1) is 0 Å². The molecule has 0 radical (unpaired) electrons. The molecule has 152 valence electrons. The molecule has 0 aliphatic carbocycles. The molecule has 0 saturated carbocycles. The number of benzene rings is 2. The lowest BCUT2D eigenvalue weighted by molar-refractivity contribution is -0.119. The highest BCUT2D eigenvalue weighted by atomic mass is 32.2. The molecule has 2 aromatic rings. The van der Waals surface area contributed by atoms with E-state index in [-0.39, 0.29) is 23.2 Å². The van der Waals surface area contributed by atoms with Gasteiger partial charge in [-0.2, -0.15) is 0 Å². The Balaban J connectivity index is 1.77. The monoisotopic (exact) mass is 411 g/mol. The molecular formula is C22H25N3O3S. The van der Waals surface area contributed by atoms with Crippen LogP contribution in [0.25, 0.3) is 4.91 Å². The molecule has 2 N–H and O–H groups in total. The smallest absolute Gasteiger partial charge is 0.264 e. The third-order valence-corrected chi connectivity index (χ3v) is 6.33. The summed E-state index contributed by atoms with van der Waals surface area (Å²) in [5.74, 6) is -0.0201. The predicted octanol–water partition coefficient (Wildman–Crippen LogP) is 3.07. The van der Waals surface area contributed by atoms with Crippen LogP contribution in [-0.4, -0.2) is 26.7 Å². The van der Waals surface area contributed by atoms with Crippen molar-refractivity contribution in [3.8, 4) is 0 Å². The molecule has 1 amide bonds. The summed E-state index contributed by atoms with van der Waals surface area (Å²) in [6, 6.07) is 15.1. The van der Waals surface area contributed by atoms with E-state index in [9.17, 15) is 13.2 Å². The molecule has 1 aliphatic heterocycles.